The molecule has 19 heavy (non-hydrogen) atoms. The van der Waals surface area contributed by atoms with Crippen molar-refractivity contribution in [1.82, 2.24) is 5.43 Å². The lowest BCUT2D eigenvalue weighted by Gasteiger charge is -2.20. The fourth-order valence-corrected chi connectivity index (χ4v) is 2.43. The van der Waals surface area contributed by atoms with Gasteiger partial charge in [0.25, 0.3) is 0 Å². The van der Waals surface area contributed by atoms with Crippen molar-refractivity contribution in [3.05, 3.63) is 69.0 Å². The highest BCUT2D eigenvalue weighted by molar-refractivity contribution is 6.32. The first-order chi connectivity index (χ1) is 9.04. The van der Waals surface area contributed by atoms with Crippen molar-refractivity contribution in [2.75, 3.05) is 0 Å². The Labute approximate surface area is 121 Å². The van der Waals surface area contributed by atoms with E-state index in [9.17, 15) is 4.39 Å². The maximum atomic E-state index is 13.4. The lowest BCUT2D eigenvalue weighted by Crippen LogP contribution is -2.29. The van der Waals surface area contributed by atoms with Gasteiger partial charge in [-0.3, -0.25) is 5.84 Å². The standard InChI is InChI=1S/C14H13Cl2FN2/c1-8-10(3-2-4-12(8)15)14(19-18)11-7-9(17)5-6-13(11)16/h2-7,14,19H,18H2,1H3. The van der Waals surface area contributed by atoms with E-state index in [1.54, 1.807) is 6.07 Å². The third-order valence-corrected chi connectivity index (χ3v) is 3.81. The van der Waals surface area contributed by atoms with Gasteiger partial charge in [0, 0.05) is 10.0 Å². The van der Waals surface area contributed by atoms with Gasteiger partial charge in [-0.1, -0.05) is 35.3 Å². The molecule has 0 aromatic heterocycles. The number of hydrogen-bond donors (Lipinski definition) is 2. The van der Waals surface area contributed by atoms with Gasteiger partial charge in [-0.05, 0) is 47.9 Å². The Morgan fingerprint density at radius 2 is 1.84 bits per heavy atom. The van der Waals surface area contributed by atoms with Crippen LogP contribution in [0.5, 0.6) is 0 Å². The smallest absolute Gasteiger partial charge is 0.123 e. The predicted octanol–water partition coefficient (Wildman–Crippen LogP) is 3.99. The van der Waals surface area contributed by atoms with E-state index in [0.29, 0.717) is 15.6 Å². The van der Waals surface area contributed by atoms with E-state index >= 15 is 0 Å². The first-order valence-electron chi connectivity index (χ1n) is 5.70. The Bertz CT molecular complexity index is 600. The summed E-state index contributed by atoms with van der Waals surface area (Å²) in [7, 11) is 0. The molecule has 2 rings (SSSR count). The second-order valence-electron chi connectivity index (χ2n) is 4.22. The Morgan fingerprint density at radius 1 is 1.11 bits per heavy atom. The molecule has 2 aromatic rings. The molecule has 2 aromatic carbocycles. The van der Waals surface area contributed by atoms with Crippen LogP contribution in [0, 0.1) is 12.7 Å². The summed E-state index contributed by atoms with van der Waals surface area (Å²) in [5.41, 5.74) is 4.98. The fraction of sp³-hybridized carbons (Fsp3) is 0.143. The summed E-state index contributed by atoms with van der Waals surface area (Å²) in [5, 5.41) is 1.08. The monoisotopic (exact) mass is 298 g/mol. The molecular weight excluding hydrogens is 286 g/mol. The zero-order chi connectivity index (χ0) is 14.0. The molecule has 0 amide bonds. The molecule has 0 saturated heterocycles. The van der Waals surface area contributed by atoms with Gasteiger partial charge < -0.3 is 0 Å². The van der Waals surface area contributed by atoms with Gasteiger partial charge in [0.1, 0.15) is 5.82 Å². The van der Waals surface area contributed by atoms with Crippen molar-refractivity contribution < 1.29 is 4.39 Å². The molecule has 0 saturated carbocycles. The summed E-state index contributed by atoms with van der Waals surface area (Å²) in [5.74, 6) is 5.24. The van der Waals surface area contributed by atoms with E-state index in [4.69, 9.17) is 29.0 Å². The van der Waals surface area contributed by atoms with Crippen LogP contribution in [0.2, 0.25) is 10.0 Å². The Morgan fingerprint density at radius 3 is 2.53 bits per heavy atom. The van der Waals surface area contributed by atoms with Gasteiger partial charge >= 0.3 is 0 Å². The summed E-state index contributed by atoms with van der Waals surface area (Å²) in [6.07, 6.45) is 0. The maximum absolute atomic E-state index is 13.4. The number of nitrogens with two attached hydrogens (primary N) is 1. The lowest BCUT2D eigenvalue weighted by atomic mass is 9.95. The highest BCUT2D eigenvalue weighted by Crippen LogP contribution is 2.32. The molecule has 0 aliphatic rings. The number of benzene rings is 2. The highest BCUT2D eigenvalue weighted by atomic mass is 35.5. The van der Waals surface area contributed by atoms with Gasteiger partial charge in [0.05, 0.1) is 6.04 Å². The second kappa shape index (κ2) is 5.88. The third-order valence-electron chi connectivity index (χ3n) is 3.06. The minimum absolute atomic E-state index is 0.362. The Balaban J connectivity index is 2.56. The van der Waals surface area contributed by atoms with E-state index in [1.165, 1.54) is 18.2 Å². The molecule has 100 valence electrons. The minimum Gasteiger partial charge on any atom is -0.271 e. The van der Waals surface area contributed by atoms with Crippen LogP contribution in [0.3, 0.4) is 0 Å². The molecule has 0 aliphatic heterocycles. The predicted molar refractivity (Wildman–Crippen MR) is 76.8 cm³/mol. The van der Waals surface area contributed by atoms with Crippen LogP contribution in [0.15, 0.2) is 36.4 Å². The van der Waals surface area contributed by atoms with Crippen molar-refractivity contribution in [3.8, 4) is 0 Å². The van der Waals surface area contributed by atoms with Crippen molar-refractivity contribution in [2.45, 2.75) is 13.0 Å². The highest BCUT2D eigenvalue weighted by Gasteiger charge is 2.19. The number of rotatable bonds is 3. The average molecular weight is 299 g/mol. The lowest BCUT2D eigenvalue weighted by molar-refractivity contribution is 0.604. The molecule has 0 radical (unpaired) electrons. The van der Waals surface area contributed by atoms with Gasteiger partial charge in [-0.15, -0.1) is 0 Å². The van der Waals surface area contributed by atoms with Crippen LogP contribution in [0.1, 0.15) is 22.7 Å². The zero-order valence-electron chi connectivity index (χ0n) is 10.3. The zero-order valence-corrected chi connectivity index (χ0v) is 11.8. The number of hydrazine groups is 1. The molecule has 0 aliphatic carbocycles. The van der Waals surface area contributed by atoms with Gasteiger partial charge in [0.15, 0.2) is 0 Å². The van der Waals surface area contributed by atoms with E-state index in [-0.39, 0.29) is 5.82 Å². The second-order valence-corrected chi connectivity index (χ2v) is 5.03. The number of halogens is 3. The van der Waals surface area contributed by atoms with Crippen molar-refractivity contribution in [3.63, 3.8) is 0 Å². The summed E-state index contributed by atoms with van der Waals surface area (Å²) in [6, 6.07) is 9.27. The van der Waals surface area contributed by atoms with Crippen LogP contribution in [0.4, 0.5) is 4.39 Å². The molecule has 0 heterocycles. The Hall–Kier alpha value is -1.13. The van der Waals surface area contributed by atoms with Crippen molar-refractivity contribution in [2.24, 2.45) is 5.84 Å². The van der Waals surface area contributed by atoms with Crippen LogP contribution in [-0.4, -0.2) is 0 Å². The quantitative estimate of drug-likeness (QED) is 0.664. The molecule has 1 unspecified atom stereocenters. The molecule has 1 atom stereocenters. The topological polar surface area (TPSA) is 38.0 Å². The SMILES string of the molecule is Cc1c(Cl)cccc1C(NN)c1cc(F)ccc1Cl. The summed E-state index contributed by atoms with van der Waals surface area (Å²) in [4.78, 5) is 0. The van der Waals surface area contributed by atoms with Gasteiger partial charge in [0.2, 0.25) is 0 Å². The fourth-order valence-electron chi connectivity index (χ4n) is 2.02. The number of nitrogens with one attached hydrogen (secondary N) is 1. The molecule has 0 spiro atoms. The van der Waals surface area contributed by atoms with E-state index < -0.39 is 6.04 Å². The summed E-state index contributed by atoms with van der Waals surface area (Å²) < 4.78 is 13.4. The normalized spacial score (nSPS) is 12.5. The van der Waals surface area contributed by atoms with Crippen LogP contribution in [0.25, 0.3) is 0 Å². The summed E-state index contributed by atoms with van der Waals surface area (Å²) in [6.45, 7) is 1.88. The first-order valence-corrected chi connectivity index (χ1v) is 6.46. The molecule has 0 fully saturated rings. The van der Waals surface area contributed by atoms with Crippen LogP contribution in [-0.2, 0) is 0 Å². The molecule has 3 N–H and O–H groups in total. The van der Waals surface area contributed by atoms with Crippen LogP contribution >= 0.6 is 23.2 Å². The number of hydrogen-bond acceptors (Lipinski definition) is 2. The van der Waals surface area contributed by atoms with Gasteiger partial charge in [-0.25, -0.2) is 9.82 Å². The first kappa shape index (κ1) is 14.3. The van der Waals surface area contributed by atoms with E-state index in [1.807, 2.05) is 19.1 Å². The summed E-state index contributed by atoms with van der Waals surface area (Å²) >= 11 is 12.2. The molecule has 5 heteroatoms. The van der Waals surface area contributed by atoms with E-state index in [2.05, 4.69) is 5.43 Å². The van der Waals surface area contributed by atoms with Crippen LogP contribution < -0.4 is 11.3 Å². The van der Waals surface area contributed by atoms with Crippen molar-refractivity contribution >= 4 is 23.2 Å². The van der Waals surface area contributed by atoms with Gasteiger partial charge in [-0.2, -0.15) is 0 Å². The molecular formula is C14H13Cl2FN2. The largest absolute Gasteiger partial charge is 0.271 e. The molecule has 0 bridgehead atoms. The van der Waals surface area contributed by atoms with Crippen molar-refractivity contribution in [1.29, 1.82) is 0 Å². The van der Waals surface area contributed by atoms with E-state index in [0.717, 1.165) is 11.1 Å². The third kappa shape index (κ3) is 2.90. The Kier molecular flexibility index (Phi) is 4.42. The molecule has 2 nitrogen and oxygen atoms in total. The average Bonchev–Trinajstić information content (AvgIpc) is 2.39. The minimum atomic E-state index is -0.415. The maximum Gasteiger partial charge on any atom is 0.123 e.